The van der Waals surface area contributed by atoms with E-state index >= 15 is 0 Å². The summed E-state index contributed by atoms with van der Waals surface area (Å²) in [5.41, 5.74) is 6.72. The second-order valence-corrected chi connectivity index (χ2v) is 4.61. The SMILES string of the molecule is NC(=O)c1n[nH]nc1-n1c(=S)[nH]c2cc(Cl)ccc21. The third-order valence-corrected chi connectivity index (χ3v) is 3.14. The number of amides is 1. The summed E-state index contributed by atoms with van der Waals surface area (Å²) in [4.78, 5) is 14.3. The molecule has 0 fully saturated rings. The number of fused-ring (bicyclic) bond motifs is 1. The zero-order valence-electron chi connectivity index (χ0n) is 9.35. The van der Waals surface area contributed by atoms with Crippen LogP contribution in [0.5, 0.6) is 0 Å². The molecular formula is C10H7ClN6OS. The molecule has 9 heteroatoms. The molecule has 19 heavy (non-hydrogen) atoms. The average Bonchev–Trinajstić information content (AvgIpc) is 2.91. The summed E-state index contributed by atoms with van der Waals surface area (Å²) in [6.07, 6.45) is 0. The molecule has 3 aromatic rings. The molecule has 0 spiro atoms. The summed E-state index contributed by atoms with van der Waals surface area (Å²) in [6, 6.07) is 5.21. The number of carbonyl (C=O) groups excluding carboxylic acids is 1. The predicted molar refractivity (Wildman–Crippen MR) is 71.9 cm³/mol. The number of hydrogen-bond acceptors (Lipinski definition) is 4. The van der Waals surface area contributed by atoms with Crippen molar-refractivity contribution in [3.05, 3.63) is 33.7 Å². The topological polar surface area (TPSA) is 105 Å². The van der Waals surface area contributed by atoms with Crippen molar-refractivity contribution in [3.63, 3.8) is 0 Å². The summed E-state index contributed by atoms with van der Waals surface area (Å²) in [7, 11) is 0. The van der Waals surface area contributed by atoms with E-state index in [4.69, 9.17) is 29.6 Å². The summed E-state index contributed by atoms with van der Waals surface area (Å²) in [5.74, 6) is -0.431. The van der Waals surface area contributed by atoms with E-state index in [9.17, 15) is 4.79 Å². The zero-order chi connectivity index (χ0) is 13.6. The number of nitrogens with one attached hydrogen (secondary N) is 2. The van der Waals surface area contributed by atoms with E-state index in [1.807, 2.05) is 0 Å². The van der Waals surface area contributed by atoms with Gasteiger partial charge in [-0.3, -0.25) is 9.36 Å². The molecule has 0 bridgehead atoms. The fourth-order valence-corrected chi connectivity index (χ4v) is 2.31. The largest absolute Gasteiger partial charge is 0.364 e. The van der Waals surface area contributed by atoms with Crippen LogP contribution in [-0.2, 0) is 0 Å². The Hall–Kier alpha value is -2.19. The van der Waals surface area contributed by atoms with Gasteiger partial charge in [0, 0.05) is 5.02 Å². The maximum atomic E-state index is 11.3. The fraction of sp³-hybridized carbons (Fsp3) is 0. The number of nitrogens with two attached hydrogens (primary N) is 1. The van der Waals surface area contributed by atoms with Crippen molar-refractivity contribution in [3.8, 4) is 5.82 Å². The van der Waals surface area contributed by atoms with Crippen molar-refractivity contribution in [2.45, 2.75) is 0 Å². The van der Waals surface area contributed by atoms with Crippen LogP contribution in [0.1, 0.15) is 10.5 Å². The molecule has 0 aliphatic heterocycles. The Balaban J connectivity index is 2.36. The number of aromatic amines is 2. The normalized spacial score (nSPS) is 11.0. The van der Waals surface area contributed by atoms with E-state index < -0.39 is 5.91 Å². The monoisotopic (exact) mass is 294 g/mol. The third-order valence-electron chi connectivity index (χ3n) is 2.62. The molecule has 1 aromatic carbocycles. The van der Waals surface area contributed by atoms with Crippen molar-refractivity contribution < 1.29 is 4.79 Å². The van der Waals surface area contributed by atoms with E-state index in [0.29, 0.717) is 9.79 Å². The van der Waals surface area contributed by atoms with Crippen molar-refractivity contribution in [1.82, 2.24) is 25.0 Å². The van der Waals surface area contributed by atoms with Crippen LogP contribution in [0.3, 0.4) is 0 Å². The van der Waals surface area contributed by atoms with E-state index in [1.165, 1.54) is 0 Å². The first-order valence-electron chi connectivity index (χ1n) is 5.19. The molecule has 7 nitrogen and oxygen atoms in total. The molecule has 96 valence electrons. The Labute approximate surface area is 116 Å². The number of carbonyl (C=O) groups is 1. The molecule has 2 heterocycles. The average molecular weight is 295 g/mol. The minimum atomic E-state index is -0.686. The lowest BCUT2D eigenvalue weighted by Crippen LogP contribution is -2.14. The molecule has 2 aromatic heterocycles. The molecular weight excluding hydrogens is 288 g/mol. The Morgan fingerprint density at radius 3 is 2.95 bits per heavy atom. The Bertz CT molecular complexity index is 847. The number of rotatable bonds is 2. The second-order valence-electron chi connectivity index (χ2n) is 3.79. The van der Waals surface area contributed by atoms with Gasteiger partial charge in [-0.05, 0) is 30.4 Å². The van der Waals surface area contributed by atoms with Crippen LogP contribution in [0.2, 0.25) is 5.02 Å². The first-order chi connectivity index (χ1) is 9.08. The predicted octanol–water partition coefficient (Wildman–Crippen LogP) is 1.56. The number of H-pyrrole nitrogens is 2. The van der Waals surface area contributed by atoms with E-state index in [2.05, 4.69) is 20.4 Å². The zero-order valence-corrected chi connectivity index (χ0v) is 10.9. The van der Waals surface area contributed by atoms with Gasteiger partial charge in [0.2, 0.25) is 0 Å². The number of primary amides is 1. The highest BCUT2D eigenvalue weighted by Gasteiger charge is 2.18. The summed E-state index contributed by atoms with van der Waals surface area (Å²) >= 11 is 11.1. The minimum absolute atomic E-state index is 0.0203. The highest BCUT2D eigenvalue weighted by atomic mass is 35.5. The Kier molecular flexibility index (Phi) is 2.61. The van der Waals surface area contributed by atoms with Crippen molar-refractivity contribution >= 4 is 40.8 Å². The number of nitrogens with zero attached hydrogens (tertiary/aromatic N) is 3. The molecule has 0 saturated heterocycles. The lowest BCUT2D eigenvalue weighted by molar-refractivity contribution is 0.0995. The Morgan fingerprint density at radius 2 is 2.21 bits per heavy atom. The quantitative estimate of drug-likeness (QED) is 0.624. The van der Waals surface area contributed by atoms with Gasteiger partial charge >= 0.3 is 0 Å². The van der Waals surface area contributed by atoms with Gasteiger partial charge in [-0.15, -0.1) is 10.2 Å². The van der Waals surface area contributed by atoms with E-state index in [1.54, 1.807) is 22.8 Å². The van der Waals surface area contributed by atoms with Gasteiger partial charge in [0.1, 0.15) is 0 Å². The van der Waals surface area contributed by atoms with Crippen LogP contribution < -0.4 is 5.73 Å². The summed E-state index contributed by atoms with van der Waals surface area (Å²) in [6.45, 7) is 0. The van der Waals surface area contributed by atoms with Gasteiger partial charge in [0.05, 0.1) is 11.0 Å². The first kappa shape index (κ1) is 11.9. The molecule has 0 saturated carbocycles. The minimum Gasteiger partial charge on any atom is -0.364 e. The van der Waals surface area contributed by atoms with Crippen LogP contribution in [0.4, 0.5) is 0 Å². The van der Waals surface area contributed by atoms with Gasteiger partial charge in [0.25, 0.3) is 5.91 Å². The summed E-state index contributed by atoms with van der Waals surface area (Å²) in [5, 5.41) is 10.6. The van der Waals surface area contributed by atoms with Gasteiger partial charge in [-0.25, -0.2) is 0 Å². The maximum absolute atomic E-state index is 11.3. The van der Waals surface area contributed by atoms with Gasteiger partial charge < -0.3 is 10.7 Å². The fourth-order valence-electron chi connectivity index (χ4n) is 1.84. The van der Waals surface area contributed by atoms with Crippen LogP contribution >= 0.6 is 23.8 Å². The standard InChI is InChI=1S/C10H7ClN6OS/c11-4-1-2-6-5(3-4)13-10(19)17(6)9-7(8(12)18)14-16-15-9/h1-3H,(H2,12,18)(H,13,19)(H,14,15,16). The molecule has 0 aliphatic carbocycles. The highest BCUT2D eigenvalue weighted by molar-refractivity contribution is 7.71. The van der Waals surface area contributed by atoms with Crippen molar-refractivity contribution in [2.24, 2.45) is 5.73 Å². The number of aromatic nitrogens is 5. The molecule has 1 amide bonds. The van der Waals surface area contributed by atoms with E-state index in [0.717, 1.165) is 11.0 Å². The number of hydrogen-bond donors (Lipinski definition) is 3. The molecule has 4 N–H and O–H groups in total. The van der Waals surface area contributed by atoms with Gasteiger partial charge in [0.15, 0.2) is 16.3 Å². The molecule has 0 atom stereocenters. The third kappa shape index (κ3) is 1.81. The smallest absolute Gasteiger partial charge is 0.273 e. The highest BCUT2D eigenvalue weighted by Crippen LogP contribution is 2.22. The number of halogens is 1. The summed E-state index contributed by atoms with van der Waals surface area (Å²) < 4.78 is 1.94. The van der Waals surface area contributed by atoms with Gasteiger partial charge in [-0.1, -0.05) is 11.6 Å². The molecule has 0 unspecified atom stereocenters. The first-order valence-corrected chi connectivity index (χ1v) is 5.98. The lowest BCUT2D eigenvalue weighted by Gasteiger charge is -2.00. The van der Waals surface area contributed by atoms with Crippen LogP contribution in [-0.4, -0.2) is 30.9 Å². The Morgan fingerprint density at radius 1 is 1.42 bits per heavy atom. The van der Waals surface area contributed by atoms with Crippen molar-refractivity contribution in [1.29, 1.82) is 0 Å². The van der Waals surface area contributed by atoms with Crippen LogP contribution in [0.25, 0.3) is 16.9 Å². The van der Waals surface area contributed by atoms with E-state index in [-0.39, 0.29) is 11.5 Å². The van der Waals surface area contributed by atoms with Crippen LogP contribution in [0, 0.1) is 4.77 Å². The second kappa shape index (κ2) is 4.18. The molecule has 3 rings (SSSR count). The molecule has 0 radical (unpaired) electrons. The van der Waals surface area contributed by atoms with Gasteiger partial charge in [-0.2, -0.15) is 5.21 Å². The maximum Gasteiger partial charge on any atom is 0.273 e. The number of benzene rings is 1. The van der Waals surface area contributed by atoms with Crippen molar-refractivity contribution in [2.75, 3.05) is 0 Å². The lowest BCUT2D eigenvalue weighted by atomic mass is 10.3. The number of imidazole rings is 1. The molecule has 0 aliphatic rings. The van der Waals surface area contributed by atoms with Crippen LogP contribution in [0.15, 0.2) is 18.2 Å².